The lowest BCUT2D eigenvalue weighted by atomic mass is 9.84. The predicted molar refractivity (Wildman–Crippen MR) is 135 cm³/mol. The summed E-state index contributed by atoms with van der Waals surface area (Å²) in [4.78, 5) is 18.7. The number of nitrogens with one attached hydrogen (secondary N) is 1. The van der Waals surface area contributed by atoms with Gasteiger partial charge in [0.05, 0.1) is 28.6 Å². The van der Waals surface area contributed by atoms with E-state index in [-0.39, 0.29) is 21.2 Å². The fourth-order valence-electron chi connectivity index (χ4n) is 4.47. The normalized spacial score (nSPS) is 17.3. The number of aromatic amines is 1. The van der Waals surface area contributed by atoms with Crippen LogP contribution in [-0.4, -0.2) is 62.3 Å². The Hall–Kier alpha value is -2.72. The minimum Gasteiger partial charge on any atom is -0.495 e. The minimum atomic E-state index is -3.83. The van der Waals surface area contributed by atoms with Crippen LogP contribution in [0, 0.1) is 5.41 Å². The smallest absolute Gasteiger partial charge is 0.407 e. The van der Waals surface area contributed by atoms with Crippen molar-refractivity contribution in [2.75, 3.05) is 31.6 Å². The van der Waals surface area contributed by atoms with E-state index >= 15 is 0 Å². The molecule has 10 heteroatoms. The molecule has 1 fully saturated rings. The number of benzene rings is 2. The average Bonchev–Trinajstić information content (AvgIpc) is 3.21. The first-order chi connectivity index (χ1) is 15.9. The predicted octanol–water partition coefficient (Wildman–Crippen LogP) is 4.99. The third-order valence-electron chi connectivity index (χ3n) is 6.32. The summed E-state index contributed by atoms with van der Waals surface area (Å²) in [5.41, 5.74) is 1.06. The highest BCUT2D eigenvalue weighted by Gasteiger charge is 2.39. The number of H-pyrrole nitrogens is 1. The van der Waals surface area contributed by atoms with E-state index in [1.165, 1.54) is 11.1 Å². The van der Waals surface area contributed by atoms with Gasteiger partial charge in [-0.05, 0) is 41.8 Å². The largest absolute Gasteiger partial charge is 0.495 e. The van der Waals surface area contributed by atoms with Crippen LogP contribution in [0.2, 0.25) is 0 Å². The Morgan fingerprint density at radius 1 is 1.18 bits per heavy atom. The van der Waals surface area contributed by atoms with Crippen LogP contribution in [0.1, 0.15) is 20.8 Å². The quantitative estimate of drug-likeness (QED) is 0.475. The number of nitrogens with zero attached hydrogens (tertiary/aromatic N) is 2. The van der Waals surface area contributed by atoms with Crippen LogP contribution in [0.25, 0.3) is 10.9 Å². The van der Waals surface area contributed by atoms with Crippen LogP contribution in [0.3, 0.4) is 0 Å². The summed E-state index contributed by atoms with van der Waals surface area (Å²) in [6, 6.07) is 10.0. The summed E-state index contributed by atoms with van der Waals surface area (Å²) < 4.78 is 33.6. The number of amides is 1. The number of rotatable bonds is 4. The number of hydrogen-bond donors (Lipinski definition) is 2. The maximum atomic E-state index is 13.6. The highest BCUT2D eigenvalue weighted by molar-refractivity contribution is 9.10. The first-order valence-corrected chi connectivity index (χ1v) is 13.2. The molecular weight excluding hydrogens is 522 g/mol. The number of sulfone groups is 1. The summed E-state index contributed by atoms with van der Waals surface area (Å²) in [5, 5.41) is 10.3. The number of fused-ring (bicyclic) bond motifs is 1. The Morgan fingerprint density at radius 3 is 2.56 bits per heavy atom. The van der Waals surface area contributed by atoms with Crippen molar-refractivity contribution >= 4 is 48.5 Å². The summed E-state index contributed by atoms with van der Waals surface area (Å²) >= 11 is 3.42. The number of aromatic nitrogens is 1. The van der Waals surface area contributed by atoms with Crippen LogP contribution in [-0.2, 0) is 9.84 Å². The molecule has 1 saturated heterocycles. The van der Waals surface area contributed by atoms with Gasteiger partial charge in [0.25, 0.3) is 0 Å². The lowest BCUT2D eigenvalue weighted by Crippen LogP contribution is -2.59. The lowest BCUT2D eigenvalue weighted by molar-refractivity contribution is 0.0747. The number of piperazine rings is 1. The van der Waals surface area contributed by atoms with Crippen molar-refractivity contribution in [2.45, 2.75) is 36.6 Å². The molecule has 0 saturated carbocycles. The minimum absolute atomic E-state index is 0.150. The number of methoxy groups -OCH3 is 1. The third kappa shape index (κ3) is 4.36. The monoisotopic (exact) mass is 549 g/mol. The highest BCUT2D eigenvalue weighted by atomic mass is 79.9. The van der Waals surface area contributed by atoms with Crippen LogP contribution >= 0.6 is 15.9 Å². The summed E-state index contributed by atoms with van der Waals surface area (Å²) in [6.07, 6.45) is 0.561. The molecule has 3 aromatic rings. The van der Waals surface area contributed by atoms with Crippen LogP contribution in [0.15, 0.2) is 56.9 Å². The van der Waals surface area contributed by atoms with Gasteiger partial charge in [-0.1, -0.05) is 36.7 Å². The maximum Gasteiger partial charge on any atom is 0.407 e. The van der Waals surface area contributed by atoms with Crippen LogP contribution in [0.4, 0.5) is 10.5 Å². The lowest BCUT2D eigenvalue weighted by Gasteiger charge is -2.46. The van der Waals surface area contributed by atoms with E-state index in [1.54, 1.807) is 31.4 Å². The average molecular weight is 550 g/mol. The Kier molecular flexibility index (Phi) is 6.32. The number of anilines is 1. The van der Waals surface area contributed by atoms with Gasteiger partial charge in [-0.3, -0.25) is 0 Å². The number of ether oxygens (including phenoxy) is 1. The van der Waals surface area contributed by atoms with E-state index in [2.05, 4.69) is 20.9 Å². The fourth-order valence-corrected chi connectivity index (χ4v) is 6.27. The molecule has 4 rings (SSSR count). The van der Waals surface area contributed by atoms with Gasteiger partial charge in [0.15, 0.2) is 0 Å². The van der Waals surface area contributed by atoms with Gasteiger partial charge >= 0.3 is 6.09 Å². The topological polar surface area (TPSA) is 103 Å². The van der Waals surface area contributed by atoms with Gasteiger partial charge in [-0.2, -0.15) is 0 Å². The van der Waals surface area contributed by atoms with Crippen LogP contribution in [0.5, 0.6) is 5.75 Å². The van der Waals surface area contributed by atoms with Gasteiger partial charge in [0, 0.05) is 41.2 Å². The molecule has 1 aromatic heterocycles. The molecule has 1 unspecified atom stereocenters. The zero-order chi connectivity index (χ0) is 24.8. The second-order valence-electron chi connectivity index (χ2n) is 9.48. The number of carbonyl (C=O) groups is 1. The molecule has 1 aliphatic heterocycles. The number of carboxylic acid groups (broad SMARTS) is 1. The van der Waals surface area contributed by atoms with Crippen LogP contribution < -0.4 is 9.64 Å². The van der Waals surface area contributed by atoms with Crippen molar-refractivity contribution in [1.29, 1.82) is 0 Å². The Morgan fingerprint density at radius 2 is 1.91 bits per heavy atom. The van der Waals surface area contributed by atoms with Crippen molar-refractivity contribution in [2.24, 2.45) is 5.41 Å². The summed E-state index contributed by atoms with van der Waals surface area (Å²) in [6.45, 7) is 7.18. The van der Waals surface area contributed by atoms with E-state index in [0.717, 1.165) is 9.99 Å². The highest BCUT2D eigenvalue weighted by Crippen LogP contribution is 2.38. The summed E-state index contributed by atoms with van der Waals surface area (Å²) in [7, 11) is -2.29. The molecule has 2 heterocycles. The van der Waals surface area contributed by atoms with Gasteiger partial charge in [-0.25, -0.2) is 13.2 Å². The van der Waals surface area contributed by atoms with E-state index in [9.17, 15) is 18.3 Å². The molecule has 34 heavy (non-hydrogen) atoms. The SMILES string of the molecule is COc1ccc(S(=O)(=O)c2c[nH]c3ccc(Br)cc23)cc1N1CCN(C(=O)O)C(C(C)(C)C)C1. The standard InChI is InChI=1S/C24H28BrN3O5S/c1-24(2,3)22-14-27(9-10-28(22)23(29)30)19-12-16(6-8-20(19)33-4)34(31,32)21-13-26-18-7-5-15(25)11-17(18)21/h5-8,11-13,22,26H,9-10,14H2,1-4H3,(H,29,30). The van der Waals surface area contributed by atoms with Crippen molar-refractivity contribution < 1.29 is 23.1 Å². The van der Waals surface area contributed by atoms with Gasteiger partial charge < -0.3 is 24.6 Å². The first kappa shape index (κ1) is 24.4. The molecule has 0 spiro atoms. The molecule has 1 atom stereocenters. The van der Waals surface area contributed by atoms with E-state index in [4.69, 9.17) is 4.74 Å². The fraction of sp³-hybridized carbons (Fsp3) is 0.375. The maximum absolute atomic E-state index is 13.6. The zero-order valence-electron chi connectivity index (χ0n) is 19.5. The Balaban J connectivity index is 1.77. The molecule has 8 nitrogen and oxygen atoms in total. The van der Waals surface area contributed by atoms with E-state index in [1.807, 2.05) is 37.8 Å². The van der Waals surface area contributed by atoms with Gasteiger partial charge in [-0.15, -0.1) is 0 Å². The molecule has 1 aliphatic rings. The molecule has 2 N–H and O–H groups in total. The second-order valence-corrected chi connectivity index (χ2v) is 12.3. The second kappa shape index (κ2) is 8.81. The molecule has 1 amide bonds. The van der Waals surface area contributed by atoms with Gasteiger partial charge in [0.1, 0.15) is 5.75 Å². The van der Waals surface area contributed by atoms with Crippen molar-refractivity contribution in [3.63, 3.8) is 0 Å². The molecule has 0 aliphatic carbocycles. The first-order valence-electron chi connectivity index (χ1n) is 10.9. The molecule has 2 aromatic carbocycles. The van der Waals surface area contributed by atoms with Gasteiger partial charge in [0.2, 0.25) is 9.84 Å². The molecule has 182 valence electrons. The van der Waals surface area contributed by atoms with Crippen molar-refractivity contribution in [3.05, 3.63) is 47.1 Å². The van der Waals surface area contributed by atoms with Crippen molar-refractivity contribution in [3.8, 4) is 5.75 Å². The molecule has 0 bridgehead atoms. The Bertz CT molecular complexity index is 1350. The van der Waals surface area contributed by atoms with E-state index in [0.29, 0.717) is 36.5 Å². The number of hydrogen-bond acceptors (Lipinski definition) is 5. The van der Waals surface area contributed by atoms with Crippen molar-refractivity contribution in [1.82, 2.24) is 9.88 Å². The molecular formula is C24H28BrN3O5S. The zero-order valence-corrected chi connectivity index (χ0v) is 21.9. The Labute approximate surface area is 207 Å². The third-order valence-corrected chi connectivity index (χ3v) is 8.61. The van der Waals surface area contributed by atoms with E-state index < -0.39 is 15.9 Å². The number of halogens is 1. The molecule has 0 radical (unpaired) electrons. The summed E-state index contributed by atoms with van der Waals surface area (Å²) in [5.74, 6) is 0.539.